The highest BCUT2D eigenvalue weighted by atomic mass is 15.4. The Balaban J connectivity index is 1.85. The normalized spacial score (nSPS) is 14.5. The summed E-state index contributed by atoms with van der Waals surface area (Å²) in [5, 5.41) is 10.1. The van der Waals surface area contributed by atoms with Crippen LogP contribution in [-0.4, -0.2) is 43.3 Å². The van der Waals surface area contributed by atoms with E-state index in [1.165, 1.54) is 23.9 Å². The average Bonchev–Trinajstić information content (AvgIpc) is 3.07. The molecule has 18 heavy (non-hydrogen) atoms. The molecular weight excluding hydrogens is 232 g/mol. The molecule has 0 amide bonds. The molecule has 0 aliphatic heterocycles. The topological polar surface area (TPSA) is 93.4 Å². The van der Waals surface area contributed by atoms with E-state index < -0.39 is 0 Å². The van der Waals surface area contributed by atoms with Crippen LogP contribution in [0.15, 0.2) is 12.7 Å². The predicted octanol–water partition coefficient (Wildman–Crippen LogP) is 0.316. The van der Waals surface area contributed by atoms with E-state index in [0.29, 0.717) is 17.8 Å². The number of nitrogens with one attached hydrogen (secondary N) is 2. The summed E-state index contributed by atoms with van der Waals surface area (Å²) in [5.74, 6) is 2.28. The largest absolute Gasteiger partial charge is 0.357 e. The summed E-state index contributed by atoms with van der Waals surface area (Å²) < 4.78 is 1.50. The monoisotopic (exact) mass is 246 g/mol. The second-order valence-electron chi connectivity index (χ2n) is 4.20. The van der Waals surface area contributed by atoms with Gasteiger partial charge in [0.25, 0.3) is 5.95 Å². The van der Waals surface area contributed by atoms with E-state index in [4.69, 9.17) is 0 Å². The van der Waals surface area contributed by atoms with Crippen molar-refractivity contribution in [2.24, 2.45) is 5.92 Å². The molecule has 1 fully saturated rings. The number of hydrogen-bond donors (Lipinski definition) is 2. The molecule has 3 rings (SSSR count). The highest BCUT2D eigenvalue weighted by molar-refractivity contribution is 5.37. The van der Waals surface area contributed by atoms with Crippen LogP contribution in [0.3, 0.4) is 0 Å². The maximum absolute atomic E-state index is 4.31. The fourth-order valence-electron chi connectivity index (χ4n) is 1.53. The van der Waals surface area contributed by atoms with Crippen molar-refractivity contribution in [2.45, 2.75) is 12.8 Å². The maximum Gasteiger partial charge on any atom is 0.258 e. The SMILES string of the molecule is CNc1nc(NCC2CC2)nc(-n2cncn2)n1. The van der Waals surface area contributed by atoms with Gasteiger partial charge in [0.2, 0.25) is 11.9 Å². The van der Waals surface area contributed by atoms with Crippen molar-refractivity contribution < 1.29 is 0 Å². The van der Waals surface area contributed by atoms with Gasteiger partial charge in [0.15, 0.2) is 0 Å². The summed E-state index contributed by atoms with van der Waals surface area (Å²) >= 11 is 0. The van der Waals surface area contributed by atoms with Gasteiger partial charge in [-0.05, 0) is 18.8 Å². The Labute approximate surface area is 104 Å². The molecule has 0 bridgehead atoms. The molecule has 2 aromatic heterocycles. The van der Waals surface area contributed by atoms with Gasteiger partial charge in [-0.15, -0.1) is 0 Å². The van der Waals surface area contributed by atoms with Gasteiger partial charge >= 0.3 is 0 Å². The molecule has 2 heterocycles. The smallest absolute Gasteiger partial charge is 0.258 e. The molecule has 1 aliphatic carbocycles. The first-order chi connectivity index (χ1) is 8.85. The lowest BCUT2D eigenvalue weighted by atomic mass is 10.4. The van der Waals surface area contributed by atoms with E-state index in [-0.39, 0.29) is 0 Å². The molecule has 0 atom stereocenters. The summed E-state index contributed by atoms with van der Waals surface area (Å²) in [6.07, 6.45) is 5.57. The van der Waals surface area contributed by atoms with Gasteiger partial charge in [-0.1, -0.05) is 0 Å². The van der Waals surface area contributed by atoms with Crippen LogP contribution in [-0.2, 0) is 0 Å². The van der Waals surface area contributed by atoms with Crippen LogP contribution in [0.5, 0.6) is 0 Å². The number of nitrogens with zero attached hydrogens (tertiary/aromatic N) is 6. The van der Waals surface area contributed by atoms with Gasteiger partial charge < -0.3 is 10.6 Å². The van der Waals surface area contributed by atoms with E-state index in [9.17, 15) is 0 Å². The first-order valence-corrected chi connectivity index (χ1v) is 5.88. The minimum atomic E-state index is 0.449. The summed E-state index contributed by atoms with van der Waals surface area (Å²) in [6, 6.07) is 0. The first kappa shape index (κ1) is 10.9. The van der Waals surface area contributed by atoms with E-state index in [2.05, 4.69) is 35.7 Å². The zero-order valence-corrected chi connectivity index (χ0v) is 10.0. The van der Waals surface area contributed by atoms with Crippen LogP contribution in [0, 0.1) is 5.92 Å². The molecule has 8 nitrogen and oxygen atoms in total. The zero-order valence-electron chi connectivity index (χ0n) is 10.0. The highest BCUT2D eigenvalue weighted by Crippen LogP contribution is 2.28. The van der Waals surface area contributed by atoms with Gasteiger partial charge in [0, 0.05) is 13.6 Å². The van der Waals surface area contributed by atoms with Crippen LogP contribution in [0.25, 0.3) is 5.95 Å². The van der Waals surface area contributed by atoms with Gasteiger partial charge in [-0.2, -0.15) is 24.7 Å². The van der Waals surface area contributed by atoms with E-state index >= 15 is 0 Å². The summed E-state index contributed by atoms with van der Waals surface area (Å²) in [5.41, 5.74) is 0. The average molecular weight is 246 g/mol. The Morgan fingerprint density at radius 2 is 2.11 bits per heavy atom. The third kappa shape index (κ3) is 2.36. The summed E-state index contributed by atoms with van der Waals surface area (Å²) in [6.45, 7) is 0.907. The van der Waals surface area contributed by atoms with Crippen molar-refractivity contribution in [3.63, 3.8) is 0 Å². The number of aromatic nitrogens is 6. The molecule has 0 saturated heterocycles. The molecule has 94 valence electrons. The molecule has 0 unspecified atom stereocenters. The Bertz CT molecular complexity index is 519. The van der Waals surface area contributed by atoms with Gasteiger partial charge in [0.05, 0.1) is 0 Å². The number of anilines is 2. The lowest BCUT2D eigenvalue weighted by Gasteiger charge is -2.07. The fraction of sp³-hybridized carbons (Fsp3) is 0.500. The fourth-order valence-corrected chi connectivity index (χ4v) is 1.53. The molecule has 1 saturated carbocycles. The number of rotatable bonds is 5. The molecule has 1 aliphatic rings. The third-order valence-corrected chi connectivity index (χ3v) is 2.72. The Morgan fingerprint density at radius 1 is 1.28 bits per heavy atom. The molecule has 0 radical (unpaired) electrons. The minimum absolute atomic E-state index is 0.449. The van der Waals surface area contributed by atoms with Crippen LogP contribution in [0.2, 0.25) is 0 Å². The van der Waals surface area contributed by atoms with E-state index in [1.807, 2.05) is 0 Å². The molecular formula is C10H14N8. The van der Waals surface area contributed by atoms with Crippen LogP contribution >= 0.6 is 0 Å². The minimum Gasteiger partial charge on any atom is -0.357 e. The molecule has 2 N–H and O–H groups in total. The van der Waals surface area contributed by atoms with Crippen molar-refractivity contribution in [2.75, 3.05) is 24.2 Å². The van der Waals surface area contributed by atoms with Crippen molar-refractivity contribution in [1.82, 2.24) is 29.7 Å². The molecule has 0 aromatic carbocycles. The lowest BCUT2D eigenvalue weighted by molar-refractivity contribution is 0.790. The second kappa shape index (κ2) is 4.55. The standard InChI is InChI=1S/C10H14N8/c1-11-8-15-9(13-4-7-2-3-7)17-10(16-8)18-6-12-5-14-18/h5-7H,2-4H2,1H3,(H2,11,13,15,16,17). The number of hydrogen-bond acceptors (Lipinski definition) is 7. The first-order valence-electron chi connectivity index (χ1n) is 5.88. The summed E-state index contributed by atoms with van der Waals surface area (Å²) in [4.78, 5) is 16.7. The lowest BCUT2D eigenvalue weighted by Crippen LogP contribution is -2.13. The van der Waals surface area contributed by atoms with Crippen molar-refractivity contribution in [1.29, 1.82) is 0 Å². The quantitative estimate of drug-likeness (QED) is 0.784. The Morgan fingerprint density at radius 3 is 2.78 bits per heavy atom. The summed E-state index contributed by atoms with van der Waals surface area (Å²) in [7, 11) is 1.77. The highest BCUT2D eigenvalue weighted by Gasteiger charge is 2.21. The van der Waals surface area contributed by atoms with Crippen molar-refractivity contribution in [3.05, 3.63) is 12.7 Å². The van der Waals surface area contributed by atoms with Crippen molar-refractivity contribution in [3.8, 4) is 5.95 Å². The Hall–Kier alpha value is -2.25. The van der Waals surface area contributed by atoms with Crippen LogP contribution in [0.4, 0.5) is 11.9 Å². The van der Waals surface area contributed by atoms with E-state index in [0.717, 1.165) is 12.5 Å². The zero-order chi connectivity index (χ0) is 12.4. The predicted molar refractivity (Wildman–Crippen MR) is 65.5 cm³/mol. The maximum atomic E-state index is 4.31. The third-order valence-electron chi connectivity index (χ3n) is 2.72. The Kier molecular flexibility index (Phi) is 2.75. The molecule has 2 aromatic rings. The molecule has 8 heteroatoms. The van der Waals surface area contributed by atoms with Crippen LogP contribution in [0.1, 0.15) is 12.8 Å². The second-order valence-corrected chi connectivity index (χ2v) is 4.20. The van der Waals surface area contributed by atoms with Gasteiger partial charge in [-0.25, -0.2) is 4.98 Å². The molecule has 0 spiro atoms. The van der Waals surface area contributed by atoms with Crippen LogP contribution < -0.4 is 10.6 Å². The van der Waals surface area contributed by atoms with Crippen molar-refractivity contribution >= 4 is 11.9 Å². The van der Waals surface area contributed by atoms with E-state index in [1.54, 1.807) is 13.4 Å². The van der Waals surface area contributed by atoms with Gasteiger partial charge in [-0.3, -0.25) is 0 Å². The van der Waals surface area contributed by atoms with Gasteiger partial charge in [0.1, 0.15) is 12.7 Å².